The largest absolute Gasteiger partial charge is 0.436 e. The van der Waals surface area contributed by atoms with E-state index in [1.54, 1.807) is 30.3 Å². The van der Waals surface area contributed by atoms with Gasteiger partial charge in [0.25, 0.3) is 0 Å². The van der Waals surface area contributed by atoms with Crippen LogP contribution in [-0.2, 0) is 10.3 Å². The molecule has 0 saturated carbocycles. The Kier molecular flexibility index (Phi) is 4.44. The Labute approximate surface area is 121 Å². The molecule has 1 fully saturated rings. The number of benzene rings is 1. The van der Waals surface area contributed by atoms with E-state index in [9.17, 15) is 18.0 Å². The van der Waals surface area contributed by atoms with Crippen LogP contribution >= 0.6 is 0 Å². The summed E-state index contributed by atoms with van der Waals surface area (Å²) >= 11 is 0. The molecule has 116 valence electrons. The fourth-order valence-electron chi connectivity index (χ4n) is 2.57. The van der Waals surface area contributed by atoms with Crippen molar-refractivity contribution in [1.29, 1.82) is 0 Å². The normalized spacial score (nSPS) is 22.5. The molecule has 1 saturated heterocycles. The zero-order valence-electron chi connectivity index (χ0n) is 11.8. The Morgan fingerprint density at radius 1 is 1.29 bits per heavy atom. The first-order valence-electron chi connectivity index (χ1n) is 6.96. The van der Waals surface area contributed by atoms with Crippen LogP contribution in [0.2, 0.25) is 0 Å². The summed E-state index contributed by atoms with van der Waals surface area (Å²) in [5.74, 6) is 0. The van der Waals surface area contributed by atoms with E-state index in [1.165, 1.54) is 4.90 Å². The van der Waals surface area contributed by atoms with Crippen LogP contribution in [0.15, 0.2) is 30.3 Å². The number of ether oxygens (including phenoxy) is 1. The van der Waals surface area contributed by atoms with Gasteiger partial charge in [-0.05, 0) is 12.0 Å². The lowest BCUT2D eigenvalue weighted by atomic mass is 9.90. The number of hydrogen-bond donors (Lipinski definition) is 0. The SMILES string of the molecule is CCCCN1CC(CC(F)(F)F)(c2ccccc2)OC1=O. The fourth-order valence-corrected chi connectivity index (χ4v) is 2.57. The van der Waals surface area contributed by atoms with Gasteiger partial charge in [0.1, 0.15) is 0 Å². The van der Waals surface area contributed by atoms with Crippen molar-refractivity contribution in [2.45, 2.75) is 38.0 Å². The van der Waals surface area contributed by atoms with Crippen molar-refractivity contribution in [1.82, 2.24) is 4.90 Å². The summed E-state index contributed by atoms with van der Waals surface area (Å²) in [6.07, 6.45) is -4.64. The number of carbonyl (C=O) groups is 1. The maximum Gasteiger partial charge on any atom is 0.410 e. The van der Waals surface area contributed by atoms with Crippen LogP contribution < -0.4 is 0 Å². The number of cyclic esters (lactones) is 1. The number of unbranched alkanes of at least 4 members (excludes halogenated alkanes) is 1. The highest BCUT2D eigenvalue weighted by Gasteiger charge is 2.52. The van der Waals surface area contributed by atoms with Gasteiger partial charge in [-0.2, -0.15) is 13.2 Å². The minimum Gasteiger partial charge on any atom is -0.436 e. The van der Waals surface area contributed by atoms with Gasteiger partial charge in [-0.15, -0.1) is 0 Å². The number of hydrogen-bond acceptors (Lipinski definition) is 2. The summed E-state index contributed by atoms with van der Waals surface area (Å²) in [4.78, 5) is 13.3. The molecule has 0 aromatic heterocycles. The van der Waals surface area contributed by atoms with Gasteiger partial charge in [0.2, 0.25) is 0 Å². The molecule has 0 bridgehead atoms. The Morgan fingerprint density at radius 2 is 1.95 bits per heavy atom. The van der Waals surface area contributed by atoms with Gasteiger partial charge in [-0.25, -0.2) is 4.79 Å². The number of rotatable bonds is 5. The van der Waals surface area contributed by atoms with Crippen LogP contribution in [0.4, 0.5) is 18.0 Å². The van der Waals surface area contributed by atoms with Gasteiger partial charge in [0.15, 0.2) is 5.60 Å². The minimum absolute atomic E-state index is 0.0602. The minimum atomic E-state index is -4.41. The molecule has 1 aliphatic heterocycles. The molecule has 2 rings (SSSR count). The van der Waals surface area contributed by atoms with E-state index < -0.39 is 24.3 Å². The number of halogens is 3. The third-order valence-electron chi connectivity index (χ3n) is 3.55. The van der Waals surface area contributed by atoms with E-state index in [1.807, 2.05) is 6.92 Å². The molecule has 1 aromatic rings. The average molecular weight is 301 g/mol. The summed E-state index contributed by atoms with van der Waals surface area (Å²) in [5, 5.41) is 0. The predicted octanol–water partition coefficient (Wildman–Crippen LogP) is 4.09. The summed E-state index contributed by atoms with van der Waals surface area (Å²) < 4.78 is 44.0. The molecule has 0 spiro atoms. The van der Waals surface area contributed by atoms with E-state index in [2.05, 4.69) is 0 Å². The molecule has 0 aliphatic carbocycles. The number of nitrogens with zero attached hydrogens (tertiary/aromatic N) is 1. The topological polar surface area (TPSA) is 29.5 Å². The van der Waals surface area contributed by atoms with E-state index in [4.69, 9.17) is 4.74 Å². The molecule has 1 amide bonds. The van der Waals surface area contributed by atoms with Gasteiger partial charge in [-0.3, -0.25) is 0 Å². The molecule has 1 atom stereocenters. The van der Waals surface area contributed by atoms with E-state index in [0.29, 0.717) is 12.1 Å². The third kappa shape index (κ3) is 3.68. The molecule has 1 aliphatic rings. The molecule has 3 nitrogen and oxygen atoms in total. The Bertz CT molecular complexity index is 489. The van der Waals surface area contributed by atoms with Crippen LogP contribution in [0, 0.1) is 0 Å². The Morgan fingerprint density at radius 3 is 2.52 bits per heavy atom. The molecule has 6 heteroatoms. The average Bonchev–Trinajstić information content (AvgIpc) is 2.72. The quantitative estimate of drug-likeness (QED) is 0.820. The predicted molar refractivity (Wildman–Crippen MR) is 71.8 cm³/mol. The van der Waals surface area contributed by atoms with Gasteiger partial charge < -0.3 is 9.64 Å². The lowest BCUT2D eigenvalue weighted by Crippen LogP contribution is -2.37. The van der Waals surface area contributed by atoms with E-state index in [0.717, 1.165) is 12.8 Å². The summed E-state index contributed by atoms with van der Waals surface area (Å²) in [7, 11) is 0. The third-order valence-corrected chi connectivity index (χ3v) is 3.55. The van der Waals surface area contributed by atoms with Gasteiger partial charge in [0, 0.05) is 6.54 Å². The Balaban J connectivity index is 2.29. The van der Waals surface area contributed by atoms with Gasteiger partial charge in [-0.1, -0.05) is 43.7 Å². The van der Waals surface area contributed by atoms with E-state index >= 15 is 0 Å². The number of alkyl halides is 3. The summed E-state index contributed by atoms with van der Waals surface area (Å²) in [6.45, 7) is 2.32. The molecule has 1 unspecified atom stereocenters. The summed E-state index contributed by atoms with van der Waals surface area (Å²) in [5.41, 5.74) is -1.25. The smallest absolute Gasteiger partial charge is 0.410 e. The first kappa shape index (κ1) is 15.7. The number of carbonyl (C=O) groups excluding carboxylic acids is 1. The van der Waals surface area contributed by atoms with Crippen LogP contribution in [0.1, 0.15) is 31.7 Å². The van der Waals surface area contributed by atoms with E-state index in [-0.39, 0.29) is 6.54 Å². The maximum absolute atomic E-state index is 12.9. The second kappa shape index (κ2) is 5.95. The molecular formula is C15H18F3NO2. The molecule has 1 aromatic carbocycles. The standard InChI is InChI=1S/C15H18F3NO2/c1-2-3-9-19-11-14(21-13(19)20,10-15(16,17)18)12-7-5-4-6-8-12/h4-8H,2-3,9-11H2,1H3. The molecule has 0 radical (unpaired) electrons. The summed E-state index contributed by atoms with van der Waals surface area (Å²) in [6, 6.07) is 8.16. The zero-order valence-corrected chi connectivity index (χ0v) is 11.8. The second-order valence-corrected chi connectivity index (χ2v) is 5.30. The Hall–Kier alpha value is -1.72. The number of amides is 1. The maximum atomic E-state index is 12.9. The monoisotopic (exact) mass is 301 g/mol. The van der Waals surface area contributed by atoms with Crippen molar-refractivity contribution in [3.8, 4) is 0 Å². The second-order valence-electron chi connectivity index (χ2n) is 5.30. The highest BCUT2D eigenvalue weighted by atomic mass is 19.4. The van der Waals surface area contributed by atoms with Crippen molar-refractivity contribution in [2.75, 3.05) is 13.1 Å². The zero-order chi connectivity index (χ0) is 15.5. The van der Waals surface area contributed by atoms with Gasteiger partial charge in [0.05, 0.1) is 13.0 Å². The van der Waals surface area contributed by atoms with Crippen LogP contribution in [0.3, 0.4) is 0 Å². The lowest BCUT2D eigenvalue weighted by Gasteiger charge is -2.28. The fraction of sp³-hybridized carbons (Fsp3) is 0.533. The highest BCUT2D eigenvalue weighted by Crippen LogP contribution is 2.42. The lowest BCUT2D eigenvalue weighted by molar-refractivity contribution is -0.171. The molecular weight excluding hydrogens is 283 g/mol. The van der Waals surface area contributed by atoms with Crippen molar-refractivity contribution in [3.63, 3.8) is 0 Å². The van der Waals surface area contributed by atoms with Crippen molar-refractivity contribution >= 4 is 6.09 Å². The van der Waals surface area contributed by atoms with Crippen LogP contribution in [0.5, 0.6) is 0 Å². The van der Waals surface area contributed by atoms with Crippen LogP contribution in [0.25, 0.3) is 0 Å². The van der Waals surface area contributed by atoms with Crippen LogP contribution in [-0.4, -0.2) is 30.3 Å². The van der Waals surface area contributed by atoms with Crippen molar-refractivity contribution in [2.24, 2.45) is 0 Å². The van der Waals surface area contributed by atoms with Crippen molar-refractivity contribution < 1.29 is 22.7 Å². The first-order chi connectivity index (χ1) is 9.86. The van der Waals surface area contributed by atoms with Gasteiger partial charge >= 0.3 is 12.3 Å². The molecule has 0 N–H and O–H groups in total. The highest BCUT2D eigenvalue weighted by molar-refractivity contribution is 5.71. The first-order valence-corrected chi connectivity index (χ1v) is 6.96. The molecule has 21 heavy (non-hydrogen) atoms. The molecule has 1 heterocycles. The van der Waals surface area contributed by atoms with Crippen molar-refractivity contribution in [3.05, 3.63) is 35.9 Å².